The summed E-state index contributed by atoms with van der Waals surface area (Å²) in [4.78, 5) is 8.08. The number of nitrogens with zero attached hydrogens (tertiary/aromatic N) is 2. The van der Waals surface area contributed by atoms with Gasteiger partial charge in [-0.1, -0.05) is 0 Å². The molecule has 2 heterocycles. The number of aromatic nitrogens is 1. The largest absolute Gasteiger partial charge is 0.391 e. The van der Waals surface area contributed by atoms with Crippen LogP contribution in [0.5, 0.6) is 0 Å². The fourth-order valence-electron chi connectivity index (χ4n) is 2.39. The van der Waals surface area contributed by atoms with Crippen LogP contribution >= 0.6 is 11.3 Å². The van der Waals surface area contributed by atoms with E-state index in [1.807, 2.05) is 6.92 Å². The van der Waals surface area contributed by atoms with Crippen molar-refractivity contribution >= 4 is 11.3 Å². The van der Waals surface area contributed by atoms with E-state index >= 15 is 0 Å². The molecule has 0 saturated carbocycles. The Labute approximate surface area is 119 Å². The van der Waals surface area contributed by atoms with Crippen LogP contribution in [0.3, 0.4) is 0 Å². The molecule has 5 heteroatoms. The van der Waals surface area contributed by atoms with Crippen LogP contribution in [0.2, 0.25) is 0 Å². The highest BCUT2D eigenvalue weighted by molar-refractivity contribution is 7.11. The first kappa shape index (κ1) is 14.9. The van der Waals surface area contributed by atoms with Crippen molar-refractivity contribution in [1.82, 2.24) is 9.88 Å². The van der Waals surface area contributed by atoms with Gasteiger partial charge < -0.3 is 9.84 Å². The zero-order valence-corrected chi connectivity index (χ0v) is 13.1. The summed E-state index contributed by atoms with van der Waals surface area (Å²) in [6, 6.07) is 0. The molecule has 1 aliphatic rings. The van der Waals surface area contributed by atoms with Gasteiger partial charge in [0.1, 0.15) is 0 Å². The van der Waals surface area contributed by atoms with Crippen LogP contribution in [0.15, 0.2) is 0 Å². The minimum Gasteiger partial charge on any atom is -0.391 e. The van der Waals surface area contributed by atoms with Crippen molar-refractivity contribution in [3.63, 3.8) is 0 Å². The topological polar surface area (TPSA) is 45.6 Å². The highest BCUT2D eigenvalue weighted by Gasteiger charge is 2.35. The minimum atomic E-state index is -0.407. The molecule has 1 aromatic rings. The van der Waals surface area contributed by atoms with Gasteiger partial charge in [-0.2, -0.15) is 0 Å². The van der Waals surface area contributed by atoms with Gasteiger partial charge in [-0.15, -0.1) is 11.3 Å². The molecular formula is C14H24N2O2S. The van der Waals surface area contributed by atoms with Crippen molar-refractivity contribution < 1.29 is 9.84 Å². The van der Waals surface area contributed by atoms with Gasteiger partial charge in [-0.25, -0.2) is 4.98 Å². The molecule has 0 amide bonds. The average Bonchev–Trinajstić information content (AvgIpc) is 2.69. The van der Waals surface area contributed by atoms with Gasteiger partial charge in [-0.05, 0) is 27.7 Å². The van der Waals surface area contributed by atoms with Crippen molar-refractivity contribution in [3.05, 3.63) is 15.6 Å². The van der Waals surface area contributed by atoms with Gasteiger partial charge >= 0.3 is 0 Å². The molecule has 1 aromatic heterocycles. The van der Waals surface area contributed by atoms with E-state index in [9.17, 15) is 5.11 Å². The van der Waals surface area contributed by atoms with Crippen LogP contribution in [-0.4, -0.2) is 52.9 Å². The number of hydrogen-bond donors (Lipinski definition) is 1. The highest BCUT2D eigenvalue weighted by Crippen LogP contribution is 2.25. The molecule has 1 aliphatic heterocycles. The third kappa shape index (κ3) is 3.34. The van der Waals surface area contributed by atoms with Gasteiger partial charge in [0.05, 0.1) is 30.0 Å². The number of rotatable bonds is 4. The molecule has 1 saturated heterocycles. The van der Waals surface area contributed by atoms with Crippen LogP contribution in [0.25, 0.3) is 0 Å². The second-order valence-corrected chi connectivity index (χ2v) is 7.01. The van der Waals surface area contributed by atoms with Gasteiger partial charge in [0.25, 0.3) is 0 Å². The standard InChI is InChI=1S/C14H24N2O2S/c1-10-11(2)19-13(15-10)9-12(17)14(3,4)16-5-7-18-8-6-16/h12,17H,5-9H2,1-4H3. The molecule has 108 valence electrons. The van der Waals surface area contributed by atoms with Crippen molar-refractivity contribution in [3.8, 4) is 0 Å². The Morgan fingerprint density at radius 3 is 2.53 bits per heavy atom. The molecule has 2 rings (SSSR count). The van der Waals surface area contributed by atoms with E-state index in [4.69, 9.17) is 4.74 Å². The zero-order valence-electron chi connectivity index (χ0n) is 12.3. The first-order chi connectivity index (χ1) is 8.91. The summed E-state index contributed by atoms with van der Waals surface area (Å²) in [5.41, 5.74) is 0.841. The van der Waals surface area contributed by atoms with Crippen LogP contribution < -0.4 is 0 Å². The van der Waals surface area contributed by atoms with E-state index in [0.29, 0.717) is 6.42 Å². The molecule has 0 radical (unpaired) electrons. The van der Waals surface area contributed by atoms with E-state index in [-0.39, 0.29) is 5.54 Å². The summed E-state index contributed by atoms with van der Waals surface area (Å²) < 4.78 is 5.38. The number of aliphatic hydroxyl groups excluding tert-OH is 1. The van der Waals surface area contributed by atoms with Gasteiger partial charge in [0.15, 0.2) is 0 Å². The van der Waals surface area contributed by atoms with E-state index in [2.05, 4.69) is 30.7 Å². The number of hydrogen-bond acceptors (Lipinski definition) is 5. The predicted molar refractivity (Wildman–Crippen MR) is 77.8 cm³/mol. The SMILES string of the molecule is Cc1nc(CC(O)C(C)(C)N2CCOCC2)sc1C. The monoisotopic (exact) mass is 284 g/mol. The number of aryl methyl sites for hydroxylation is 2. The maximum Gasteiger partial charge on any atom is 0.0957 e. The smallest absolute Gasteiger partial charge is 0.0957 e. The lowest BCUT2D eigenvalue weighted by molar-refractivity contribution is -0.0612. The maximum absolute atomic E-state index is 10.6. The van der Waals surface area contributed by atoms with E-state index in [0.717, 1.165) is 37.0 Å². The molecular weight excluding hydrogens is 260 g/mol. The molecule has 1 fully saturated rings. The summed E-state index contributed by atoms with van der Waals surface area (Å²) >= 11 is 1.69. The number of ether oxygens (including phenoxy) is 1. The second-order valence-electron chi connectivity index (χ2n) is 5.72. The summed E-state index contributed by atoms with van der Waals surface area (Å²) in [5.74, 6) is 0. The number of thiazole rings is 1. The molecule has 4 nitrogen and oxygen atoms in total. The minimum absolute atomic E-state index is 0.239. The quantitative estimate of drug-likeness (QED) is 0.915. The molecule has 1 atom stereocenters. The third-order valence-electron chi connectivity index (χ3n) is 4.08. The molecule has 1 unspecified atom stereocenters. The van der Waals surface area contributed by atoms with E-state index in [1.165, 1.54) is 4.88 Å². The Morgan fingerprint density at radius 1 is 1.37 bits per heavy atom. The lowest BCUT2D eigenvalue weighted by Gasteiger charge is -2.43. The Kier molecular flexibility index (Phi) is 4.61. The Balaban J connectivity index is 2.02. The van der Waals surface area contributed by atoms with Crippen molar-refractivity contribution in [2.45, 2.75) is 45.8 Å². The predicted octanol–water partition coefficient (Wildman–Crippen LogP) is 1.77. The fourth-order valence-corrected chi connectivity index (χ4v) is 3.36. The Morgan fingerprint density at radius 2 is 2.00 bits per heavy atom. The zero-order chi connectivity index (χ0) is 14.0. The van der Waals surface area contributed by atoms with Gasteiger partial charge in [0, 0.05) is 29.9 Å². The molecule has 0 aromatic carbocycles. The first-order valence-electron chi connectivity index (χ1n) is 6.85. The molecule has 19 heavy (non-hydrogen) atoms. The van der Waals surface area contributed by atoms with E-state index in [1.54, 1.807) is 11.3 Å². The van der Waals surface area contributed by atoms with Crippen molar-refractivity contribution in [1.29, 1.82) is 0 Å². The first-order valence-corrected chi connectivity index (χ1v) is 7.66. The Bertz CT molecular complexity index is 406. The summed E-state index contributed by atoms with van der Waals surface area (Å²) in [6.45, 7) is 11.6. The van der Waals surface area contributed by atoms with Crippen LogP contribution in [0.1, 0.15) is 29.4 Å². The summed E-state index contributed by atoms with van der Waals surface area (Å²) in [5, 5.41) is 11.6. The molecule has 0 aliphatic carbocycles. The van der Waals surface area contributed by atoms with Crippen molar-refractivity contribution in [2.75, 3.05) is 26.3 Å². The molecule has 1 N–H and O–H groups in total. The summed E-state index contributed by atoms with van der Waals surface area (Å²) in [6.07, 6.45) is 0.222. The summed E-state index contributed by atoms with van der Waals surface area (Å²) in [7, 11) is 0. The van der Waals surface area contributed by atoms with Gasteiger partial charge in [0.2, 0.25) is 0 Å². The second kappa shape index (κ2) is 5.87. The number of morpholine rings is 1. The Hall–Kier alpha value is -0.490. The van der Waals surface area contributed by atoms with Crippen LogP contribution in [0, 0.1) is 13.8 Å². The third-order valence-corrected chi connectivity index (χ3v) is 5.18. The molecule has 0 spiro atoms. The van der Waals surface area contributed by atoms with Crippen LogP contribution in [-0.2, 0) is 11.2 Å². The van der Waals surface area contributed by atoms with Crippen molar-refractivity contribution in [2.24, 2.45) is 0 Å². The highest BCUT2D eigenvalue weighted by atomic mass is 32.1. The molecule has 0 bridgehead atoms. The number of aliphatic hydroxyl groups is 1. The fraction of sp³-hybridized carbons (Fsp3) is 0.786. The van der Waals surface area contributed by atoms with Gasteiger partial charge in [-0.3, -0.25) is 4.90 Å². The normalized spacial score (nSPS) is 19.6. The lowest BCUT2D eigenvalue weighted by Crippen LogP contribution is -2.56. The average molecular weight is 284 g/mol. The van der Waals surface area contributed by atoms with Crippen LogP contribution in [0.4, 0.5) is 0 Å². The maximum atomic E-state index is 10.6. The lowest BCUT2D eigenvalue weighted by atomic mass is 9.92. The van der Waals surface area contributed by atoms with E-state index < -0.39 is 6.10 Å².